The first-order valence-corrected chi connectivity index (χ1v) is 4.14. The first kappa shape index (κ1) is 11.8. The van der Waals surface area contributed by atoms with Crippen molar-refractivity contribution in [2.45, 2.75) is 26.4 Å². The second kappa shape index (κ2) is 4.70. The number of amides is 1. The number of carbonyl (C=O) groups is 1. The van der Waals surface area contributed by atoms with Gasteiger partial charge in [-0.2, -0.15) is 0 Å². The highest BCUT2D eigenvalue weighted by molar-refractivity contribution is 5.67. The molecule has 4 nitrogen and oxygen atoms in total. The van der Waals surface area contributed by atoms with Crippen molar-refractivity contribution in [1.82, 2.24) is 4.90 Å². The molecule has 0 aliphatic heterocycles. The lowest BCUT2D eigenvalue weighted by Crippen LogP contribution is -2.35. The summed E-state index contributed by atoms with van der Waals surface area (Å²) in [5.74, 6) is 0. The highest BCUT2D eigenvalue weighted by Crippen LogP contribution is 2.08. The first-order valence-electron chi connectivity index (χ1n) is 4.14. The van der Waals surface area contributed by atoms with E-state index in [9.17, 15) is 4.79 Å². The second-order valence-corrected chi connectivity index (χ2v) is 3.78. The summed E-state index contributed by atoms with van der Waals surface area (Å²) in [7, 11) is 1.62. The van der Waals surface area contributed by atoms with E-state index in [2.05, 4.69) is 4.85 Å². The normalized spacial score (nSPS) is 10.4. The third-order valence-corrected chi connectivity index (χ3v) is 1.25. The average molecular weight is 184 g/mol. The Kier molecular flexibility index (Phi) is 4.26. The van der Waals surface area contributed by atoms with Gasteiger partial charge in [0.1, 0.15) is 5.60 Å². The largest absolute Gasteiger partial charge is 0.444 e. The van der Waals surface area contributed by atoms with Crippen LogP contribution in [0.15, 0.2) is 0 Å². The van der Waals surface area contributed by atoms with Crippen LogP contribution in [-0.4, -0.2) is 36.7 Å². The van der Waals surface area contributed by atoms with E-state index in [0.717, 1.165) is 0 Å². The van der Waals surface area contributed by atoms with Crippen molar-refractivity contribution in [3.8, 4) is 0 Å². The molecular formula is C9H16N2O2. The summed E-state index contributed by atoms with van der Waals surface area (Å²) >= 11 is 0. The minimum Gasteiger partial charge on any atom is -0.444 e. The van der Waals surface area contributed by atoms with Crippen LogP contribution in [0.5, 0.6) is 0 Å². The van der Waals surface area contributed by atoms with E-state index in [4.69, 9.17) is 11.3 Å². The molecule has 0 spiro atoms. The fourth-order valence-corrected chi connectivity index (χ4v) is 0.631. The molecule has 0 heterocycles. The SMILES string of the molecule is [C-]#[N+]CCN(C)C(=O)OC(C)(C)C. The number of likely N-dealkylation sites (N-methyl/N-ethyl adjacent to an activating group) is 1. The fraction of sp³-hybridized carbons (Fsp3) is 0.778. The molecule has 1 amide bonds. The van der Waals surface area contributed by atoms with Crippen LogP contribution >= 0.6 is 0 Å². The summed E-state index contributed by atoms with van der Waals surface area (Å²) in [5, 5.41) is 0. The summed E-state index contributed by atoms with van der Waals surface area (Å²) in [4.78, 5) is 15.8. The summed E-state index contributed by atoms with van der Waals surface area (Å²) in [6.45, 7) is 12.7. The van der Waals surface area contributed by atoms with E-state index >= 15 is 0 Å². The van der Waals surface area contributed by atoms with Crippen molar-refractivity contribution >= 4 is 6.09 Å². The molecule has 0 fully saturated rings. The van der Waals surface area contributed by atoms with Crippen molar-refractivity contribution in [2.24, 2.45) is 0 Å². The summed E-state index contributed by atoms with van der Waals surface area (Å²) in [5.41, 5.74) is -0.469. The number of rotatable bonds is 2. The Morgan fingerprint density at radius 2 is 2.08 bits per heavy atom. The van der Waals surface area contributed by atoms with Crippen LogP contribution in [0, 0.1) is 6.57 Å². The molecule has 13 heavy (non-hydrogen) atoms. The molecule has 74 valence electrons. The summed E-state index contributed by atoms with van der Waals surface area (Å²) in [6.07, 6.45) is -0.379. The Labute approximate surface area is 79.3 Å². The Bertz CT molecular complexity index is 213. The topological polar surface area (TPSA) is 33.9 Å². The summed E-state index contributed by atoms with van der Waals surface area (Å²) < 4.78 is 5.08. The van der Waals surface area contributed by atoms with Gasteiger partial charge in [-0.1, -0.05) is 0 Å². The third kappa shape index (κ3) is 5.97. The van der Waals surface area contributed by atoms with Crippen LogP contribution in [0.3, 0.4) is 0 Å². The minimum absolute atomic E-state index is 0.315. The minimum atomic E-state index is -0.469. The maximum Gasteiger partial charge on any atom is 0.410 e. The van der Waals surface area contributed by atoms with Gasteiger partial charge in [0.15, 0.2) is 0 Å². The quantitative estimate of drug-likeness (QED) is 0.613. The molecule has 0 bridgehead atoms. The predicted molar refractivity (Wildman–Crippen MR) is 50.3 cm³/mol. The highest BCUT2D eigenvalue weighted by Gasteiger charge is 2.19. The first-order chi connectivity index (χ1) is 5.87. The highest BCUT2D eigenvalue weighted by atomic mass is 16.6. The van der Waals surface area contributed by atoms with Gasteiger partial charge in [0.2, 0.25) is 6.54 Å². The lowest BCUT2D eigenvalue weighted by molar-refractivity contribution is 0.0306. The van der Waals surface area contributed by atoms with Crippen molar-refractivity contribution in [3.63, 3.8) is 0 Å². The van der Waals surface area contributed by atoms with Gasteiger partial charge in [-0.15, -0.1) is 0 Å². The number of hydrogen-bond acceptors (Lipinski definition) is 2. The van der Waals surface area contributed by atoms with E-state index in [1.54, 1.807) is 7.05 Å². The van der Waals surface area contributed by atoms with Gasteiger partial charge in [0.25, 0.3) is 0 Å². The van der Waals surface area contributed by atoms with E-state index in [0.29, 0.717) is 13.1 Å². The molecule has 0 saturated heterocycles. The van der Waals surface area contributed by atoms with Crippen molar-refractivity contribution < 1.29 is 9.53 Å². The zero-order chi connectivity index (χ0) is 10.5. The van der Waals surface area contributed by atoms with E-state index in [-0.39, 0.29) is 6.09 Å². The Balaban J connectivity index is 3.91. The number of ether oxygens (including phenoxy) is 1. The molecule has 0 aliphatic carbocycles. The van der Waals surface area contributed by atoms with Gasteiger partial charge < -0.3 is 14.5 Å². The smallest absolute Gasteiger partial charge is 0.410 e. The van der Waals surface area contributed by atoms with E-state index in [1.165, 1.54) is 4.90 Å². The third-order valence-electron chi connectivity index (χ3n) is 1.25. The fourth-order valence-electron chi connectivity index (χ4n) is 0.631. The van der Waals surface area contributed by atoms with Gasteiger partial charge in [-0.25, -0.2) is 11.4 Å². The lowest BCUT2D eigenvalue weighted by Gasteiger charge is -2.23. The van der Waals surface area contributed by atoms with Crippen molar-refractivity contribution in [2.75, 3.05) is 20.1 Å². The number of carbonyl (C=O) groups excluding carboxylic acids is 1. The molecule has 0 aromatic carbocycles. The molecule has 0 unspecified atom stereocenters. The molecular weight excluding hydrogens is 168 g/mol. The van der Waals surface area contributed by atoms with Crippen molar-refractivity contribution in [1.29, 1.82) is 0 Å². The number of nitrogens with zero attached hydrogens (tertiary/aromatic N) is 2. The molecule has 0 atom stereocenters. The zero-order valence-electron chi connectivity index (χ0n) is 8.63. The molecule has 0 aliphatic rings. The van der Waals surface area contributed by atoms with Crippen molar-refractivity contribution in [3.05, 3.63) is 11.4 Å². The van der Waals surface area contributed by atoms with Crippen LogP contribution in [0.2, 0.25) is 0 Å². The monoisotopic (exact) mass is 184 g/mol. The van der Waals surface area contributed by atoms with Crippen LogP contribution < -0.4 is 0 Å². The number of hydrogen-bond donors (Lipinski definition) is 0. The van der Waals surface area contributed by atoms with Crippen LogP contribution in [0.25, 0.3) is 4.85 Å². The van der Waals surface area contributed by atoms with E-state index < -0.39 is 5.60 Å². The van der Waals surface area contributed by atoms with E-state index in [1.807, 2.05) is 20.8 Å². The summed E-state index contributed by atoms with van der Waals surface area (Å²) in [6, 6.07) is 0. The molecule has 0 N–H and O–H groups in total. The van der Waals surface area contributed by atoms with Gasteiger partial charge in [0, 0.05) is 7.05 Å². The Morgan fingerprint density at radius 3 is 2.46 bits per heavy atom. The molecule has 0 radical (unpaired) electrons. The van der Waals surface area contributed by atoms with Crippen LogP contribution in [0.1, 0.15) is 20.8 Å². The molecule has 4 heteroatoms. The van der Waals surface area contributed by atoms with Gasteiger partial charge in [-0.05, 0) is 20.8 Å². The van der Waals surface area contributed by atoms with Crippen LogP contribution in [0.4, 0.5) is 4.79 Å². The van der Waals surface area contributed by atoms with Crippen LogP contribution in [-0.2, 0) is 4.74 Å². The lowest BCUT2D eigenvalue weighted by atomic mass is 10.2. The predicted octanol–water partition coefficient (Wildman–Crippen LogP) is 1.77. The standard InChI is InChI=1S/C9H16N2O2/c1-9(2,3)13-8(12)11(5)7-6-10-4/h6-7H2,1-3,5H3. The molecule has 0 saturated carbocycles. The Hall–Kier alpha value is -1.24. The maximum absolute atomic E-state index is 11.3. The molecule has 0 aromatic rings. The maximum atomic E-state index is 11.3. The zero-order valence-corrected chi connectivity index (χ0v) is 8.63. The van der Waals surface area contributed by atoms with Gasteiger partial charge in [0.05, 0.1) is 6.54 Å². The van der Waals surface area contributed by atoms with Gasteiger partial charge in [-0.3, -0.25) is 0 Å². The Morgan fingerprint density at radius 1 is 1.54 bits per heavy atom. The second-order valence-electron chi connectivity index (χ2n) is 3.78. The molecule has 0 aromatic heterocycles. The molecule has 0 rings (SSSR count). The van der Waals surface area contributed by atoms with Gasteiger partial charge >= 0.3 is 6.09 Å². The average Bonchev–Trinajstić information content (AvgIpc) is 1.96.